The van der Waals surface area contributed by atoms with Crippen LogP contribution in [0.15, 0.2) is 17.5 Å². The summed E-state index contributed by atoms with van der Waals surface area (Å²) in [4.78, 5) is 37.9. The van der Waals surface area contributed by atoms with Gasteiger partial charge in [0.05, 0.1) is 38.2 Å². The Labute approximate surface area is 144 Å². The van der Waals surface area contributed by atoms with Crippen molar-refractivity contribution in [3.8, 4) is 0 Å². The third-order valence-electron chi connectivity index (χ3n) is 3.89. The van der Waals surface area contributed by atoms with E-state index in [2.05, 4.69) is 5.32 Å². The molecule has 2 rings (SSSR count). The summed E-state index contributed by atoms with van der Waals surface area (Å²) < 4.78 is 15.0. The number of thiophene rings is 1. The van der Waals surface area contributed by atoms with Crippen molar-refractivity contribution >= 4 is 29.2 Å². The molecule has 7 nitrogen and oxygen atoms in total. The fraction of sp³-hybridized carbons (Fsp3) is 0.562. The first kappa shape index (κ1) is 18.4. The SMILES string of the molecule is CCOC(=O)[C@@H]1[C@H](C(=O)OCC)[C@H](c2cccs2)N[C@@H]1C(=O)OC. The highest BCUT2D eigenvalue weighted by atomic mass is 32.1. The van der Waals surface area contributed by atoms with Crippen LogP contribution < -0.4 is 5.32 Å². The van der Waals surface area contributed by atoms with Crippen LogP contribution >= 0.6 is 11.3 Å². The first-order valence-corrected chi connectivity index (χ1v) is 8.63. The molecule has 4 atom stereocenters. The second-order valence-electron chi connectivity index (χ2n) is 5.22. The summed E-state index contributed by atoms with van der Waals surface area (Å²) >= 11 is 1.43. The van der Waals surface area contributed by atoms with Gasteiger partial charge in [-0.3, -0.25) is 19.7 Å². The number of esters is 3. The van der Waals surface area contributed by atoms with Crippen LogP contribution in [-0.4, -0.2) is 44.3 Å². The minimum atomic E-state index is -0.997. The predicted molar refractivity (Wildman–Crippen MR) is 86.2 cm³/mol. The molecule has 1 saturated heterocycles. The molecule has 0 aromatic carbocycles. The molecule has 1 fully saturated rings. The third-order valence-corrected chi connectivity index (χ3v) is 4.84. The maximum Gasteiger partial charge on any atom is 0.323 e. The number of nitrogens with one attached hydrogen (secondary N) is 1. The van der Waals surface area contributed by atoms with Crippen LogP contribution in [0.2, 0.25) is 0 Å². The Morgan fingerprint density at radius 3 is 2.21 bits per heavy atom. The van der Waals surface area contributed by atoms with Crippen LogP contribution in [0, 0.1) is 11.8 Å². The Kier molecular flexibility index (Phi) is 6.33. The monoisotopic (exact) mass is 355 g/mol. The molecule has 8 heteroatoms. The normalized spacial score (nSPS) is 26.0. The number of hydrogen-bond acceptors (Lipinski definition) is 8. The van der Waals surface area contributed by atoms with Gasteiger partial charge in [0.1, 0.15) is 6.04 Å². The van der Waals surface area contributed by atoms with Crippen molar-refractivity contribution in [1.29, 1.82) is 0 Å². The summed E-state index contributed by atoms with van der Waals surface area (Å²) in [5.74, 6) is -3.61. The predicted octanol–water partition coefficient (Wildman–Crippen LogP) is 1.29. The Balaban J connectivity index is 2.43. The molecule has 2 heterocycles. The molecule has 1 N–H and O–H groups in total. The minimum absolute atomic E-state index is 0.155. The maximum atomic E-state index is 12.5. The second-order valence-corrected chi connectivity index (χ2v) is 6.20. The van der Waals surface area contributed by atoms with Gasteiger partial charge in [-0.2, -0.15) is 0 Å². The lowest BCUT2D eigenvalue weighted by atomic mass is 9.86. The van der Waals surface area contributed by atoms with Crippen LogP contribution in [-0.2, 0) is 28.6 Å². The van der Waals surface area contributed by atoms with Gasteiger partial charge in [0.15, 0.2) is 0 Å². The summed E-state index contributed by atoms with van der Waals surface area (Å²) in [5, 5.41) is 4.92. The van der Waals surface area contributed by atoms with Gasteiger partial charge in [-0.05, 0) is 25.3 Å². The Bertz CT molecular complexity index is 587. The van der Waals surface area contributed by atoms with E-state index in [1.807, 2.05) is 17.5 Å². The van der Waals surface area contributed by atoms with Crippen LogP contribution in [0.5, 0.6) is 0 Å². The fourth-order valence-electron chi connectivity index (χ4n) is 2.93. The molecule has 0 radical (unpaired) electrons. The smallest absolute Gasteiger partial charge is 0.323 e. The molecule has 0 spiro atoms. The van der Waals surface area contributed by atoms with Crippen molar-refractivity contribution in [3.63, 3.8) is 0 Å². The maximum absolute atomic E-state index is 12.5. The van der Waals surface area contributed by atoms with Gasteiger partial charge >= 0.3 is 17.9 Å². The van der Waals surface area contributed by atoms with Gasteiger partial charge in [0.2, 0.25) is 0 Å². The number of hydrogen-bond donors (Lipinski definition) is 1. The zero-order valence-electron chi connectivity index (χ0n) is 13.8. The van der Waals surface area contributed by atoms with E-state index in [9.17, 15) is 14.4 Å². The van der Waals surface area contributed by atoms with Crippen LogP contribution in [0.4, 0.5) is 0 Å². The van der Waals surface area contributed by atoms with Gasteiger partial charge in [-0.25, -0.2) is 0 Å². The Hall–Kier alpha value is -1.93. The average Bonchev–Trinajstić information content (AvgIpc) is 3.21. The number of rotatable bonds is 6. The van der Waals surface area contributed by atoms with Crippen LogP contribution in [0.3, 0.4) is 0 Å². The summed E-state index contributed by atoms with van der Waals surface area (Å²) in [7, 11) is 1.24. The molecule has 0 unspecified atom stereocenters. The van der Waals surface area contributed by atoms with Crippen molar-refractivity contribution in [2.45, 2.75) is 25.9 Å². The van der Waals surface area contributed by atoms with Crippen molar-refractivity contribution in [2.75, 3.05) is 20.3 Å². The topological polar surface area (TPSA) is 90.9 Å². The van der Waals surface area contributed by atoms with E-state index >= 15 is 0 Å². The first-order valence-electron chi connectivity index (χ1n) is 7.75. The second kappa shape index (κ2) is 8.25. The number of methoxy groups -OCH3 is 1. The fourth-order valence-corrected chi connectivity index (χ4v) is 3.76. The molecular weight excluding hydrogens is 334 g/mol. The Morgan fingerprint density at radius 1 is 1.08 bits per heavy atom. The number of carbonyl (C=O) groups excluding carboxylic acids is 3. The molecule has 1 aliphatic heterocycles. The standard InChI is InChI=1S/C16H21NO6S/c1-4-22-14(18)10-11(15(19)23-5-2)13(16(20)21-3)17-12(10)9-7-6-8-24-9/h6-8,10-13,17H,4-5H2,1-3H3/t10-,11+,12-,13-/m0/s1. The summed E-state index contributed by atoms with van der Waals surface area (Å²) in [6, 6.07) is 2.21. The highest BCUT2D eigenvalue weighted by Crippen LogP contribution is 2.41. The quantitative estimate of drug-likeness (QED) is 0.607. The zero-order chi connectivity index (χ0) is 17.7. The largest absolute Gasteiger partial charge is 0.468 e. The van der Waals surface area contributed by atoms with E-state index in [4.69, 9.17) is 14.2 Å². The van der Waals surface area contributed by atoms with Gasteiger partial charge < -0.3 is 14.2 Å². The lowest BCUT2D eigenvalue weighted by Gasteiger charge is -2.21. The molecule has 24 heavy (non-hydrogen) atoms. The molecule has 1 aromatic rings. The summed E-state index contributed by atoms with van der Waals surface area (Å²) in [5.41, 5.74) is 0. The van der Waals surface area contributed by atoms with Crippen LogP contribution in [0.1, 0.15) is 24.8 Å². The molecule has 0 bridgehead atoms. The minimum Gasteiger partial charge on any atom is -0.468 e. The van der Waals surface area contributed by atoms with Gasteiger partial charge in [0, 0.05) is 4.88 Å². The first-order chi connectivity index (χ1) is 11.5. The molecule has 1 aromatic heterocycles. The molecular formula is C16H21NO6S. The van der Waals surface area contributed by atoms with E-state index in [1.54, 1.807) is 13.8 Å². The van der Waals surface area contributed by atoms with E-state index in [0.29, 0.717) is 0 Å². The van der Waals surface area contributed by atoms with Gasteiger partial charge in [-0.1, -0.05) is 6.07 Å². The highest BCUT2D eigenvalue weighted by Gasteiger charge is 2.55. The zero-order valence-corrected chi connectivity index (χ0v) is 14.6. The van der Waals surface area contributed by atoms with Crippen molar-refractivity contribution in [2.24, 2.45) is 11.8 Å². The average molecular weight is 355 g/mol. The van der Waals surface area contributed by atoms with E-state index in [0.717, 1.165) is 4.88 Å². The number of carbonyl (C=O) groups is 3. The van der Waals surface area contributed by atoms with E-state index < -0.39 is 41.8 Å². The molecule has 0 amide bonds. The molecule has 132 valence electrons. The van der Waals surface area contributed by atoms with Crippen molar-refractivity contribution in [3.05, 3.63) is 22.4 Å². The van der Waals surface area contributed by atoms with Crippen molar-refractivity contribution in [1.82, 2.24) is 5.32 Å². The summed E-state index contributed by atoms with van der Waals surface area (Å²) in [6.45, 7) is 3.70. The lowest BCUT2D eigenvalue weighted by Crippen LogP contribution is -2.42. The van der Waals surface area contributed by atoms with Crippen LogP contribution in [0.25, 0.3) is 0 Å². The highest BCUT2D eigenvalue weighted by molar-refractivity contribution is 7.10. The van der Waals surface area contributed by atoms with Gasteiger partial charge in [0.25, 0.3) is 0 Å². The van der Waals surface area contributed by atoms with Gasteiger partial charge in [-0.15, -0.1) is 11.3 Å². The summed E-state index contributed by atoms with van der Waals surface area (Å²) in [6.07, 6.45) is 0. The lowest BCUT2D eigenvalue weighted by molar-refractivity contribution is -0.162. The van der Waals surface area contributed by atoms with Crippen molar-refractivity contribution < 1.29 is 28.6 Å². The molecule has 1 aliphatic rings. The number of ether oxygens (including phenoxy) is 3. The molecule has 0 saturated carbocycles. The third kappa shape index (κ3) is 3.59. The van der Waals surface area contributed by atoms with E-state index in [-0.39, 0.29) is 13.2 Å². The molecule has 0 aliphatic carbocycles. The Morgan fingerprint density at radius 2 is 1.71 bits per heavy atom. The van der Waals surface area contributed by atoms with E-state index in [1.165, 1.54) is 18.4 Å².